The second-order valence-electron chi connectivity index (χ2n) is 11.5. The number of carbonyl (C=O) groups excluding carboxylic acids is 2. The molecule has 10 atom stereocenters. The van der Waals surface area contributed by atoms with Gasteiger partial charge in [0.05, 0.1) is 5.60 Å². The van der Waals surface area contributed by atoms with Crippen LogP contribution in [-0.4, -0.2) is 82.7 Å². The first-order valence-electron chi connectivity index (χ1n) is 13.0. The van der Waals surface area contributed by atoms with Crippen molar-refractivity contribution in [3.05, 3.63) is 0 Å². The molecule has 1 heterocycles. The van der Waals surface area contributed by atoms with Gasteiger partial charge in [-0.05, 0) is 65.3 Å². The third kappa shape index (κ3) is 6.62. The number of rotatable bonds is 4. The summed E-state index contributed by atoms with van der Waals surface area (Å²) in [5.74, 6) is -3.26. The molecule has 2 N–H and O–H groups in total. The Balaban J connectivity index is 3.69. The van der Waals surface area contributed by atoms with Gasteiger partial charge in [0.2, 0.25) is 0 Å². The second-order valence-corrected chi connectivity index (χ2v) is 11.5. The van der Waals surface area contributed by atoms with Gasteiger partial charge in [0.1, 0.15) is 17.8 Å². The van der Waals surface area contributed by atoms with E-state index in [1.54, 1.807) is 27.9 Å². The standard InChI is InChI=1S/C27H50FNO6/c1-12-17(4)21-18(5)22(30)26(8,28)24(32)35-20(13-2)27(9,33)23(31)19(6)29(10)15-16(3)14-25(21,7)34-11/h16-21,23,31,33H,12-15H2,1-11H3/t16-,17?,18-,19-,20-,21-,23-,25-,26+,27-/m1/s1. The molecule has 0 aromatic heterocycles. The molecule has 1 saturated heterocycles. The monoisotopic (exact) mass is 503 g/mol. The van der Waals surface area contributed by atoms with Gasteiger partial charge in [-0.1, -0.05) is 41.0 Å². The number of Topliss-reactive ketones (excluding diaryl/α,β-unsaturated/α-hetero) is 1. The minimum Gasteiger partial charge on any atom is -0.457 e. The van der Waals surface area contributed by atoms with E-state index in [9.17, 15) is 19.8 Å². The highest BCUT2D eigenvalue weighted by Gasteiger charge is 2.54. The molecule has 1 aliphatic heterocycles. The maximum atomic E-state index is 15.9. The van der Waals surface area contributed by atoms with Crippen LogP contribution in [0.2, 0.25) is 0 Å². The van der Waals surface area contributed by atoms with Gasteiger partial charge >= 0.3 is 5.97 Å². The highest BCUT2D eigenvalue weighted by atomic mass is 19.1. The molecule has 1 fully saturated rings. The van der Waals surface area contributed by atoms with E-state index in [1.165, 1.54) is 6.92 Å². The molecule has 8 heteroatoms. The number of ketones is 1. The van der Waals surface area contributed by atoms with Gasteiger partial charge in [0.15, 0.2) is 5.78 Å². The lowest BCUT2D eigenvalue weighted by molar-refractivity contribution is -0.196. The number of esters is 1. The molecule has 0 amide bonds. The number of nitrogens with zero attached hydrogens (tertiary/aromatic N) is 1. The number of likely N-dealkylation sites (N-methyl/N-ethyl adjacent to an activating group) is 1. The Labute approximate surface area is 211 Å². The van der Waals surface area contributed by atoms with E-state index >= 15 is 4.39 Å². The average Bonchev–Trinajstić information content (AvgIpc) is 2.79. The van der Waals surface area contributed by atoms with Crippen molar-refractivity contribution in [2.45, 2.75) is 117 Å². The predicted molar refractivity (Wildman–Crippen MR) is 135 cm³/mol. The smallest absolute Gasteiger partial charge is 0.351 e. The predicted octanol–water partition coefficient (Wildman–Crippen LogP) is 3.78. The minimum atomic E-state index is -2.91. The molecular formula is C27H50FNO6. The summed E-state index contributed by atoms with van der Waals surface area (Å²) in [6.45, 7) is 16.1. The third-order valence-electron chi connectivity index (χ3n) is 8.60. The highest BCUT2D eigenvalue weighted by Crippen LogP contribution is 2.42. The van der Waals surface area contributed by atoms with Crippen LogP contribution in [0.15, 0.2) is 0 Å². The molecule has 0 aromatic carbocycles. The number of hydrogen-bond donors (Lipinski definition) is 2. The average molecular weight is 504 g/mol. The first-order chi connectivity index (χ1) is 15.9. The van der Waals surface area contributed by atoms with E-state index in [0.29, 0.717) is 13.0 Å². The Morgan fingerprint density at radius 2 is 1.74 bits per heavy atom. The number of halogens is 1. The van der Waals surface area contributed by atoms with Crippen LogP contribution in [-0.2, 0) is 19.1 Å². The number of aliphatic hydroxyl groups is 2. The van der Waals surface area contributed by atoms with Gasteiger partial charge in [-0.25, -0.2) is 9.18 Å². The van der Waals surface area contributed by atoms with Gasteiger partial charge < -0.3 is 24.6 Å². The van der Waals surface area contributed by atoms with E-state index < -0.39 is 52.8 Å². The Hall–Kier alpha value is -1.09. The maximum Gasteiger partial charge on any atom is 0.351 e. The zero-order valence-corrected chi connectivity index (χ0v) is 23.7. The van der Waals surface area contributed by atoms with Crippen molar-refractivity contribution >= 4 is 11.8 Å². The zero-order valence-electron chi connectivity index (χ0n) is 23.7. The number of aliphatic hydroxyl groups excluding tert-OH is 1. The summed E-state index contributed by atoms with van der Waals surface area (Å²) in [7, 11) is 3.47. The first kappa shape index (κ1) is 31.9. The first-order valence-corrected chi connectivity index (χ1v) is 13.0. The fraction of sp³-hybridized carbons (Fsp3) is 0.926. The van der Waals surface area contributed by atoms with Gasteiger partial charge in [-0.2, -0.15) is 0 Å². The zero-order chi connectivity index (χ0) is 27.5. The van der Waals surface area contributed by atoms with Gasteiger partial charge in [-0.15, -0.1) is 0 Å². The number of carbonyl (C=O) groups is 2. The molecule has 1 rings (SSSR count). The van der Waals surface area contributed by atoms with Crippen LogP contribution in [0.25, 0.3) is 0 Å². The Morgan fingerprint density at radius 3 is 2.20 bits per heavy atom. The molecule has 0 radical (unpaired) electrons. The SMILES string of the molecule is CCC(C)[C@@H]1[C@@H](C)C(=O)[C@](C)(F)C(=O)O[C@H](CC)[C@@](C)(O)[C@H](O)[C@@H](C)N(C)C[C@H](C)C[C@@]1(C)OC. The van der Waals surface area contributed by atoms with E-state index in [1.807, 2.05) is 32.7 Å². The van der Waals surface area contributed by atoms with Crippen LogP contribution in [0.4, 0.5) is 4.39 Å². The molecule has 0 spiro atoms. The Kier molecular flexibility index (Phi) is 10.9. The maximum absolute atomic E-state index is 15.9. The number of methoxy groups -OCH3 is 1. The molecule has 35 heavy (non-hydrogen) atoms. The number of hydrogen-bond acceptors (Lipinski definition) is 7. The molecule has 206 valence electrons. The summed E-state index contributed by atoms with van der Waals surface area (Å²) in [6, 6.07) is -0.484. The van der Waals surface area contributed by atoms with Crippen molar-refractivity contribution in [3.63, 3.8) is 0 Å². The van der Waals surface area contributed by atoms with Crippen molar-refractivity contribution in [2.24, 2.45) is 23.7 Å². The molecule has 7 nitrogen and oxygen atoms in total. The number of cyclic esters (lactones) is 1. The van der Waals surface area contributed by atoms with Crippen LogP contribution in [0.3, 0.4) is 0 Å². The summed E-state index contributed by atoms with van der Waals surface area (Å²) in [5.41, 5.74) is -5.53. The lowest BCUT2D eigenvalue weighted by Gasteiger charge is -2.45. The van der Waals surface area contributed by atoms with E-state index in [0.717, 1.165) is 13.3 Å². The number of ether oxygens (including phenoxy) is 2. The van der Waals surface area contributed by atoms with Crippen molar-refractivity contribution in [3.8, 4) is 0 Å². The van der Waals surface area contributed by atoms with Gasteiger partial charge in [-0.3, -0.25) is 4.79 Å². The fourth-order valence-corrected chi connectivity index (χ4v) is 6.11. The third-order valence-corrected chi connectivity index (χ3v) is 8.60. The molecular weight excluding hydrogens is 453 g/mol. The Bertz CT molecular complexity index is 728. The molecule has 0 aromatic rings. The number of alkyl halides is 1. The lowest BCUT2D eigenvalue weighted by Crippen LogP contribution is -2.59. The molecule has 1 unspecified atom stereocenters. The normalized spacial score (nSPS) is 44.3. The summed E-state index contributed by atoms with van der Waals surface area (Å²) in [4.78, 5) is 28.5. The fourth-order valence-electron chi connectivity index (χ4n) is 6.11. The summed E-state index contributed by atoms with van der Waals surface area (Å²) in [6.07, 6.45) is -1.00. The molecule has 0 aliphatic carbocycles. The molecule has 0 saturated carbocycles. The van der Waals surface area contributed by atoms with E-state index in [-0.39, 0.29) is 24.2 Å². The van der Waals surface area contributed by atoms with E-state index in [4.69, 9.17) is 9.47 Å². The van der Waals surface area contributed by atoms with Crippen molar-refractivity contribution in [2.75, 3.05) is 20.7 Å². The highest BCUT2D eigenvalue weighted by molar-refractivity contribution is 6.07. The molecule has 1 aliphatic rings. The van der Waals surface area contributed by atoms with Crippen molar-refractivity contribution < 1.29 is 33.7 Å². The summed E-state index contributed by atoms with van der Waals surface area (Å²) in [5, 5.41) is 22.3. The van der Waals surface area contributed by atoms with Crippen LogP contribution in [0.5, 0.6) is 0 Å². The minimum absolute atomic E-state index is 0.0243. The summed E-state index contributed by atoms with van der Waals surface area (Å²) >= 11 is 0. The van der Waals surface area contributed by atoms with Crippen molar-refractivity contribution in [1.82, 2.24) is 4.90 Å². The second kappa shape index (κ2) is 12.0. The van der Waals surface area contributed by atoms with E-state index in [2.05, 4.69) is 6.92 Å². The van der Waals surface area contributed by atoms with Gasteiger partial charge in [0.25, 0.3) is 5.67 Å². The largest absolute Gasteiger partial charge is 0.457 e. The van der Waals surface area contributed by atoms with Crippen LogP contribution in [0.1, 0.15) is 81.6 Å². The van der Waals surface area contributed by atoms with Crippen molar-refractivity contribution in [1.29, 1.82) is 0 Å². The topological polar surface area (TPSA) is 96.3 Å². The van der Waals surface area contributed by atoms with Crippen LogP contribution < -0.4 is 0 Å². The lowest BCUT2D eigenvalue weighted by atomic mass is 9.66. The van der Waals surface area contributed by atoms with Crippen LogP contribution in [0, 0.1) is 23.7 Å². The van der Waals surface area contributed by atoms with Crippen LogP contribution >= 0.6 is 0 Å². The van der Waals surface area contributed by atoms with Gasteiger partial charge in [0, 0.05) is 25.6 Å². The molecule has 0 bridgehead atoms. The summed E-state index contributed by atoms with van der Waals surface area (Å²) < 4.78 is 27.4. The Morgan fingerprint density at radius 1 is 1.20 bits per heavy atom. The quantitative estimate of drug-likeness (QED) is 0.445.